The molecule has 0 amide bonds. The molecule has 40 heavy (non-hydrogen) atoms. The third-order valence-electron chi connectivity index (χ3n) is 6.51. The highest BCUT2D eigenvalue weighted by Gasteiger charge is 2.35. The molecule has 5 rings (SSSR count). The first-order chi connectivity index (χ1) is 19.2. The van der Waals surface area contributed by atoms with E-state index in [4.69, 9.17) is 20.9 Å². The molecular formula is C28H26F3N7O2. The third kappa shape index (κ3) is 5.40. The fourth-order valence-corrected chi connectivity index (χ4v) is 4.43. The van der Waals surface area contributed by atoms with E-state index < -0.39 is 11.9 Å². The minimum atomic E-state index is -4.52. The summed E-state index contributed by atoms with van der Waals surface area (Å²) in [6.45, 7) is 0.560. The van der Waals surface area contributed by atoms with E-state index in [0.717, 1.165) is 30.3 Å². The van der Waals surface area contributed by atoms with Crippen LogP contribution in [-0.4, -0.2) is 50.3 Å². The molecule has 0 N–H and O–H groups in total. The molecule has 9 nitrogen and oxygen atoms in total. The van der Waals surface area contributed by atoms with Crippen LogP contribution in [0.1, 0.15) is 35.7 Å². The van der Waals surface area contributed by atoms with Gasteiger partial charge in [-0.05, 0) is 18.4 Å². The standard InChI is InChI=1S/C28H26F3N7O2/c1-5-12-38(14-17-6-8-19(9-7-17)25-35-21(15-37(25)2)28(29,30)31)26-20(39-3)13-32-24(36-26)22-23(18-10-11-18)33-16-34-27(22)40-4/h1,6-9,13,15-16,18H,10-12,14H2,2-4H3. The molecule has 1 aromatic carbocycles. The van der Waals surface area contributed by atoms with Crippen LogP contribution in [-0.2, 0) is 19.8 Å². The van der Waals surface area contributed by atoms with Crippen LogP contribution in [0.25, 0.3) is 22.8 Å². The van der Waals surface area contributed by atoms with Gasteiger partial charge in [0.1, 0.15) is 17.7 Å². The molecule has 4 aromatic rings. The van der Waals surface area contributed by atoms with Crippen molar-refractivity contribution in [2.45, 2.75) is 31.5 Å². The van der Waals surface area contributed by atoms with Crippen molar-refractivity contribution in [1.82, 2.24) is 29.5 Å². The summed E-state index contributed by atoms with van der Waals surface area (Å²) < 4.78 is 51.8. The maximum atomic E-state index is 13.1. The number of hydrogen-bond donors (Lipinski definition) is 0. The average Bonchev–Trinajstić information content (AvgIpc) is 3.72. The molecule has 1 aliphatic rings. The first-order valence-electron chi connectivity index (χ1n) is 12.4. The Bertz CT molecular complexity index is 1560. The van der Waals surface area contributed by atoms with Gasteiger partial charge < -0.3 is 18.9 Å². The molecule has 12 heteroatoms. The summed E-state index contributed by atoms with van der Waals surface area (Å²) in [5.74, 6) is 4.85. The molecule has 206 valence electrons. The topological polar surface area (TPSA) is 91.1 Å². The van der Waals surface area contributed by atoms with Crippen molar-refractivity contribution in [3.05, 3.63) is 59.9 Å². The number of anilines is 1. The molecule has 0 spiro atoms. The lowest BCUT2D eigenvalue weighted by Crippen LogP contribution is -2.25. The normalized spacial score (nSPS) is 13.1. The fraction of sp³-hybridized carbons (Fsp3) is 0.321. The Balaban J connectivity index is 1.47. The van der Waals surface area contributed by atoms with Crippen LogP contribution in [0.2, 0.25) is 0 Å². The number of methoxy groups -OCH3 is 2. The summed E-state index contributed by atoms with van der Waals surface area (Å²) in [5.41, 5.74) is 1.94. The number of ether oxygens (including phenoxy) is 2. The van der Waals surface area contributed by atoms with Crippen molar-refractivity contribution >= 4 is 5.82 Å². The van der Waals surface area contributed by atoms with Gasteiger partial charge in [-0.2, -0.15) is 13.2 Å². The average molecular weight is 550 g/mol. The van der Waals surface area contributed by atoms with E-state index in [9.17, 15) is 13.2 Å². The number of nitrogens with zero attached hydrogens (tertiary/aromatic N) is 7. The first kappa shape index (κ1) is 26.9. The maximum Gasteiger partial charge on any atom is 0.434 e. The molecule has 0 radical (unpaired) electrons. The predicted molar refractivity (Wildman–Crippen MR) is 142 cm³/mol. The first-order valence-corrected chi connectivity index (χ1v) is 12.4. The van der Waals surface area contributed by atoms with Crippen LogP contribution < -0.4 is 14.4 Å². The van der Waals surface area contributed by atoms with E-state index >= 15 is 0 Å². The van der Waals surface area contributed by atoms with Crippen LogP contribution in [0.15, 0.2) is 43.0 Å². The lowest BCUT2D eigenvalue weighted by Gasteiger charge is -2.24. The van der Waals surface area contributed by atoms with E-state index in [1.54, 1.807) is 18.3 Å². The van der Waals surface area contributed by atoms with Crippen molar-refractivity contribution in [3.8, 4) is 46.7 Å². The molecular weight excluding hydrogens is 523 g/mol. The van der Waals surface area contributed by atoms with Gasteiger partial charge in [-0.3, -0.25) is 0 Å². The Hall–Kier alpha value is -4.66. The lowest BCUT2D eigenvalue weighted by molar-refractivity contribution is -0.140. The van der Waals surface area contributed by atoms with Gasteiger partial charge in [-0.25, -0.2) is 24.9 Å². The molecule has 0 unspecified atom stereocenters. The summed E-state index contributed by atoms with van der Waals surface area (Å²) in [4.78, 5) is 23.7. The predicted octanol–water partition coefficient (Wildman–Crippen LogP) is 4.89. The molecule has 0 aliphatic heterocycles. The van der Waals surface area contributed by atoms with Gasteiger partial charge in [0.2, 0.25) is 5.88 Å². The second kappa shape index (κ2) is 10.8. The van der Waals surface area contributed by atoms with E-state index in [0.29, 0.717) is 46.9 Å². The number of benzene rings is 1. The largest absolute Gasteiger partial charge is 0.491 e. The molecule has 0 atom stereocenters. The Morgan fingerprint density at radius 2 is 1.82 bits per heavy atom. The van der Waals surface area contributed by atoms with Crippen molar-refractivity contribution < 1.29 is 22.6 Å². The van der Waals surface area contributed by atoms with E-state index in [-0.39, 0.29) is 12.4 Å². The molecule has 0 saturated heterocycles. The minimum Gasteiger partial charge on any atom is -0.491 e. The van der Waals surface area contributed by atoms with Crippen LogP contribution >= 0.6 is 0 Å². The summed E-state index contributed by atoms with van der Waals surface area (Å²) in [5, 5.41) is 0. The smallest absolute Gasteiger partial charge is 0.434 e. The van der Waals surface area contributed by atoms with Crippen LogP contribution in [0, 0.1) is 12.3 Å². The zero-order valence-electron chi connectivity index (χ0n) is 22.1. The number of terminal acetylenes is 1. The molecule has 1 aliphatic carbocycles. The Morgan fingerprint density at radius 3 is 2.42 bits per heavy atom. The van der Waals surface area contributed by atoms with Crippen LogP contribution in [0.3, 0.4) is 0 Å². The Labute approximate surface area is 229 Å². The molecule has 1 saturated carbocycles. The zero-order chi connectivity index (χ0) is 28.4. The third-order valence-corrected chi connectivity index (χ3v) is 6.51. The number of rotatable bonds is 9. The van der Waals surface area contributed by atoms with Crippen molar-refractivity contribution in [2.24, 2.45) is 7.05 Å². The highest BCUT2D eigenvalue weighted by Crippen LogP contribution is 2.45. The second-order valence-corrected chi connectivity index (χ2v) is 9.32. The number of imidazole rings is 1. The van der Waals surface area contributed by atoms with Crippen LogP contribution in [0.5, 0.6) is 11.6 Å². The van der Waals surface area contributed by atoms with Gasteiger partial charge in [0.25, 0.3) is 0 Å². The van der Waals surface area contributed by atoms with Gasteiger partial charge in [0, 0.05) is 31.3 Å². The maximum absolute atomic E-state index is 13.1. The number of hydrogen-bond acceptors (Lipinski definition) is 8. The number of aromatic nitrogens is 6. The lowest BCUT2D eigenvalue weighted by atomic mass is 10.1. The number of alkyl halides is 3. The molecule has 1 fully saturated rings. The van der Waals surface area contributed by atoms with Crippen molar-refractivity contribution in [3.63, 3.8) is 0 Å². The number of halogens is 3. The van der Waals surface area contributed by atoms with Gasteiger partial charge >= 0.3 is 6.18 Å². The van der Waals surface area contributed by atoms with E-state index in [1.165, 1.54) is 32.2 Å². The molecule has 3 heterocycles. The second-order valence-electron chi connectivity index (χ2n) is 9.32. The Morgan fingerprint density at radius 1 is 1.07 bits per heavy atom. The van der Waals surface area contributed by atoms with E-state index in [1.807, 2.05) is 17.0 Å². The highest BCUT2D eigenvalue weighted by atomic mass is 19.4. The van der Waals surface area contributed by atoms with E-state index in [2.05, 4.69) is 25.9 Å². The van der Waals surface area contributed by atoms with Gasteiger partial charge in [0.05, 0.1) is 32.7 Å². The summed E-state index contributed by atoms with van der Waals surface area (Å²) in [6, 6.07) is 7.08. The van der Waals surface area contributed by atoms with Gasteiger partial charge in [-0.1, -0.05) is 30.2 Å². The van der Waals surface area contributed by atoms with Gasteiger partial charge in [0.15, 0.2) is 23.1 Å². The monoisotopic (exact) mass is 549 g/mol. The Kier molecular flexibility index (Phi) is 7.30. The summed E-state index contributed by atoms with van der Waals surface area (Å²) in [7, 11) is 4.59. The van der Waals surface area contributed by atoms with Gasteiger partial charge in [-0.15, -0.1) is 6.42 Å². The highest BCUT2D eigenvalue weighted by molar-refractivity contribution is 5.69. The summed E-state index contributed by atoms with van der Waals surface area (Å²) in [6.07, 6.45) is 7.26. The number of aryl methyl sites for hydroxylation is 1. The molecule has 3 aromatic heterocycles. The minimum absolute atomic E-state index is 0.209. The zero-order valence-corrected chi connectivity index (χ0v) is 22.1. The van der Waals surface area contributed by atoms with Crippen LogP contribution in [0.4, 0.5) is 19.0 Å². The van der Waals surface area contributed by atoms with Crippen molar-refractivity contribution in [2.75, 3.05) is 25.7 Å². The molecule has 0 bridgehead atoms. The van der Waals surface area contributed by atoms with Crippen molar-refractivity contribution in [1.29, 1.82) is 0 Å². The quantitative estimate of drug-likeness (QED) is 0.273. The SMILES string of the molecule is C#CCN(Cc1ccc(-c2nc(C(F)(F)F)cn2C)cc1)c1nc(-c2c(OC)ncnc2C2CC2)ncc1OC. The fourth-order valence-electron chi connectivity index (χ4n) is 4.43. The summed E-state index contributed by atoms with van der Waals surface area (Å²) >= 11 is 0.